The fourth-order valence-electron chi connectivity index (χ4n) is 3.13. The second-order valence-corrected chi connectivity index (χ2v) is 8.84. The van der Waals surface area contributed by atoms with Crippen LogP contribution < -0.4 is 14.8 Å². The lowest BCUT2D eigenvalue weighted by Gasteiger charge is -2.10. The van der Waals surface area contributed by atoms with Gasteiger partial charge in [-0.25, -0.2) is 9.97 Å². The average Bonchev–Trinajstić information content (AvgIpc) is 3.46. The van der Waals surface area contributed by atoms with Crippen molar-refractivity contribution in [2.24, 2.45) is 5.92 Å². The zero-order chi connectivity index (χ0) is 22.5. The predicted molar refractivity (Wildman–Crippen MR) is 122 cm³/mol. The molecule has 0 spiro atoms. The average molecular weight is 452 g/mol. The van der Waals surface area contributed by atoms with Gasteiger partial charge in [0.05, 0.1) is 6.61 Å². The van der Waals surface area contributed by atoms with Gasteiger partial charge in [-0.15, -0.1) is 11.3 Å². The lowest BCUT2D eigenvalue weighted by Crippen LogP contribution is -2.32. The highest BCUT2D eigenvalue weighted by Crippen LogP contribution is 2.31. The Hall–Kier alpha value is -3.26. The number of amides is 1. The molecule has 4 rings (SSSR count). The third-order valence-corrected chi connectivity index (χ3v) is 5.82. The Labute approximate surface area is 190 Å². The number of carbonyl (C=O) groups excluding carboxylic acids is 2. The van der Waals surface area contributed by atoms with Gasteiger partial charge in [0.1, 0.15) is 22.2 Å². The Morgan fingerprint density at radius 1 is 1.22 bits per heavy atom. The smallest absolute Gasteiger partial charge is 0.219 e. The first-order valence-electron chi connectivity index (χ1n) is 10.6. The van der Waals surface area contributed by atoms with Crippen LogP contribution in [0, 0.1) is 5.92 Å². The maximum absolute atomic E-state index is 12.4. The Balaban J connectivity index is 1.36. The number of rotatable bonds is 10. The maximum Gasteiger partial charge on any atom is 0.219 e. The maximum atomic E-state index is 12.4. The van der Waals surface area contributed by atoms with Crippen LogP contribution in [0.15, 0.2) is 48.0 Å². The number of nitrogens with one attached hydrogen (secondary N) is 1. The van der Waals surface area contributed by atoms with Crippen LogP contribution in [-0.4, -0.2) is 34.3 Å². The monoisotopic (exact) mass is 451 g/mol. The predicted octanol–water partition coefficient (Wildman–Crippen LogP) is 4.88. The van der Waals surface area contributed by atoms with Crippen molar-refractivity contribution in [3.05, 3.63) is 53.7 Å². The lowest BCUT2D eigenvalue weighted by molar-refractivity contribution is -0.119. The molecule has 2 aromatic heterocycles. The number of benzene rings is 1. The van der Waals surface area contributed by atoms with Crippen molar-refractivity contribution in [3.63, 3.8) is 0 Å². The van der Waals surface area contributed by atoms with Gasteiger partial charge in [-0.05, 0) is 43.9 Å². The van der Waals surface area contributed by atoms with Gasteiger partial charge >= 0.3 is 0 Å². The minimum Gasteiger partial charge on any atom is -0.493 e. The number of nitrogens with zero attached hydrogens (tertiary/aromatic N) is 2. The summed E-state index contributed by atoms with van der Waals surface area (Å²) in [6.07, 6.45) is 4.38. The molecule has 0 saturated heterocycles. The normalized spacial score (nSPS) is 13.9. The number of thiazole rings is 1. The molecule has 1 aromatic carbocycles. The summed E-state index contributed by atoms with van der Waals surface area (Å²) in [5, 5.41) is 5.15. The number of Topliss-reactive ketones (excluding diaryl/α,β-unsaturated/α-hetero) is 1. The van der Waals surface area contributed by atoms with Crippen molar-refractivity contribution in [3.8, 4) is 28.0 Å². The molecule has 32 heavy (non-hydrogen) atoms. The largest absolute Gasteiger partial charge is 0.493 e. The molecule has 166 valence electrons. The molecule has 7 nitrogen and oxygen atoms in total. The molecule has 1 aliphatic carbocycles. The molecule has 0 bridgehead atoms. The molecular formula is C24H25N3O4S. The van der Waals surface area contributed by atoms with Crippen molar-refractivity contribution < 1.29 is 19.1 Å². The Morgan fingerprint density at radius 2 is 2.03 bits per heavy atom. The van der Waals surface area contributed by atoms with Crippen LogP contribution in [0.25, 0.3) is 10.6 Å². The van der Waals surface area contributed by atoms with Crippen LogP contribution in [0.2, 0.25) is 0 Å². The van der Waals surface area contributed by atoms with Crippen molar-refractivity contribution in [2.45, 2.75) is 39.2 Å². The summed E-state index contributed by atoms with van der Waals surface area (Å²) in [5.41, 5.74) is 1.20. The lowest BCUT2D eigenvalue weighted by atomic mass is 10.1. The molecule has 1 atom stereocenters. The van der Waals surface area contributed by atoms with Crippen molar-refractivity contribution in [2.75, 3.05) is 6.61 Å². The Morgan fingerprint density at radius 3 is 2.75 bits per heavy atom. The molecule has 1 N–H and O–H groups in total. The minimum absolute atomic E-state index is 0.106. The van der Waals surface area contributed by atoms with E-state index in [9.17, 15) is 9.59 Å². The molecule has 1 aliphatic rings. The van der Waals surface area contributed by atoms with Crippen LogP contribution in [0.3, 0.4) is 0 Å². The number of aromatic nitrogens is 2. The minimum atomic E-state index is -0.235. The molecule has 8 heteroatoms. The summed E-state index contributed by atoms with van der Waals surface area (Å²) < 4.78 is 11.6. The highest BCUT2D eigenvalue weighted by Gasteiger charge is 2.22. The summed E-state index contributed by atoms with van der Waals surface area (Å²) in [6, 6.07) is 10.9. The molecule has 1 amide bonds. The number of ketones is 1. The van der Waals surface area contributed by atoms with E-state index in [1.807, 2.05) is 30.3 Å². The van der Waals surface area contributed by atoms with Crippen molar-refractivity contribution in [1.29, 1.82) is 0 Å². The summed E-state index contributed by atoms with van der Waals surface area (Å²) in [4.78, 5) is 32.3. The molecule has 1 unspecified atom stereocenters. The van der Waals surface area contributed by atoms with Gasteiger partial charge in [-0.3, -0.25) is 9.59 Å². The quantitative estimate of drug-likeness (QED) is 0.442. The third kappa shape index (κ3) is 6.13. The molecule has 1 saturated carbocycles. The first-order valence-corrected chi connectivity index (χ1v) is 11.5. The van der Waals surface area contributed by atoms with Crippen LogP contribution in [-0.2, 0) is 4.79 Å². The van der Waals surface area contributed by atoms with E-state index in [0.717, 1.165) is 17.9 Å². The first kappa shape index (κ1) is 22.0. The van der Waals surface area contributed by atoms with Crippen molar-refractivity contribution in [1.82, 2.24) is 15.3 Å². The second kappa shape index (κ2) is 9.91. The highest BCUT2D eigenvalue weighted by atomic mass is 32.1. The van der Waals surface area contributed by atoms with Crippen LogP contribution in [0.5, 0.6) is 17.4 Å². The number of carbonyl (C=O) groups is 2. The zero-order valence-electron chi connectivity index (χ0n) is 18.0. The summed E-state index contributed by atoms with van der Waals surface area (Å²) in [6.45, 7) is 3.98. The fraction of sp³-hybridized carbons (Fsp3) is 0.333. The van der Waals surface area contributed by atoms with E-state index in [0.29, 0.717) is 28.2 Å². The molecule has 2 heterocycles. The number of hydrogen-bond acceptors (Lipinski definition) is 7. The van der Waals surface area contributed by atoms with Crippen LogP contribution in [0.1, 0.15) is 43.6 Å². The van der Waals surface area contributed by atoms with E-state index < -0.39 is 0 Å². The highest BCUT2D eigenvalue weighted by molar-refractivity contribution is 7.13. The van der Waals surface area contributed by atoms with E-state index in [-0.39, 0.29) is 24.2 Å². The number of ether oxygens (including phenoxy) is 2. The van der Waals surface area contributed by atoms with Gasteiger partial charge in [0.15, 0.2) is 5.78 Å². The van der Waals surface area contributed by atoms with Gasteiger partial charge in [0.25, 0.3) is 0 Å². The molecule has 1 fully saturated rings. The van der Waals surface area contributed by atoms with Crippen LogP contribution in [0.4, 0.5) is 0 Å². The van der Waals surface area contributed by atoms with E-state index in [2.05, 4.69) is 15.3 Å². The van der Waals surface area contributed by atoms with E-state index in [4.69, 9.17) is 9.47 Å². The van der Waals surface area contributed by atoms with Gasteiger partial charge in [0, 0.05) is 48.7 Å². The number of pyridine rings is 1. The number of hydrogen-bond donors (Lipinski definition) is 1. The molecular weight excluding hydrogens is 426 g/mol. The van der Waals surface area contributed by atoms with E-state index in [1.165, 1.54) is 31.1 Å². The summed E-state index contributed by atoms with van der Waals surface area (Å²) in [5.74, 6) is 2.34. The SMILES string of the molecule is CC(=O)NC(C)CC(=O)c1csc(-c2ccc(Oc3cccc(OCC4CC4)c3)nc2)n1. The van der Waals surface area contributed by atoms with Gasteiger partial charge < -0.3 is 14.8 Å². The third-order valence-electron chi connectivity index (χ3n) is 4.92. The van der Waals surface area contributed by atoms with Crippen molar-refractivity contribution >= 4 is 23.0 Å². The second-order valence-electron chi connectivity index (χ2n) is 7.98. The Kier molecular flexibility index (Phi) is 6.80. The molecule has 3 aromatic rings. The first-order chi connectivity index (χ1) is 15.5. The molecule has 0 aliphatic heterocycles. The van der Waals surface area contributed by atoms with Gasteiger partial charge in [-0.1, -0.05) is 6.07 Å². The Bertz CT molecular complexity index is 1090. The summed E-state index contributed by atoms with van der Waals surface area (Å²) >= 11 is 1.38. The fourth-order valence-corrected chi connectivity index (χ4v) is 3.94. The topological polar surface area (TPSA) is 90.4 Å². The van der Waals surface area contributed by atoms with Crippen LogP contribution >= 0.6 is 11.3 Å². The zero-order valence-corrected chi connectivity index (χ0v) is 18.9. The molecule has 0 radical (unpaired) electrons. The standard InChI is InChI=1S/C24H25N3O4S/c1-15(26-16(2)28)10-22(29)21-14-32-24(27-21)18-8-9-23(25-12-18)31-20-5-3-4-19(11-20)30-13-17-6-7-17/h3-5,8-9,11-12,14-15,17H,6-7,10,13H2,1-2H3,(H,26,28). The summed E-state index contributed by atoms with van der Waals surface area (Å²) in [7, 11) is 0. The van der Waals surface area contributed by atoms with E-state index in [1.54, 1.807) is 24.6 Å². The van der Waals surface area contributed by atoms with E-state index >= 15 is 0 Å². The van der Waals surface area contributed by atoms with Gasteiger partial charge in [0.2, 0.25) is 11.8 Å². The van der Waals surface area contributed by atoms with Gasteiger partial charge in [-0.2, -0.15) is 0 Å².